The Labute approximate surface area is 155 Å². The average Bonchev–Trinajstić information content (AvgIpc) is 3.31. The molecular weight excluding hydrogens is 348 g/mol. The number of rotatable bonds is 3. The Hall–Kier alpha value is -2.86. The monoisotopic (exact) mass is 364 g/mol. The van der Waals surface area contributed by atoms with Gasteiger partial charge in [-0.1, -0.05) is 11.6 Å². The van der Waals surface area contributed by atoms with E-state index < -0.39 is 0 Å². The molecule has 0 radical (unpaired) electrons. The van der Waals surface area contributed by atoms with Crippen molar-refractivity contribution in [1.29, 1.82) is 0 Å². The maximum Gasteiger partial charge on any atom is 0.178 e. The number of anilines is 3. The fraction of sp³-hybridized carbons (Fsp3) is 0.211. The van der Waals surface area contributed by atoms with Crippen LogP contribution < -0.4 is 10.2 Å². The van der Waals surface area contributed by atoms with Crippen molar-refractivity contribution >= 4 is 50.7 Å². The summed E-state index contributed by atoms with van der Waals surface area (Å²) in [6.45, 7) is 2.07. The molecule has 7 heteroatoms. The van der Waals surface area contributed by atoms with Crippen LogP contribution in [0.1, 0.15) is 12.8 Å². The van der Waals surface area contributed by atoms with E-state index in [4.69, 9.17) is 11.6 Å². The standard InChI is InChI=1S/C19H17ClN6/c20-16-11-12-10-13(22-18-17-15(24-25-18)4-3-7-21-17)5-6-14(12)19(23-16)26-8-1-2-9-26/h3-7,10-11H,1-2,8-9H2,(H2,22,24,25). The van der Waals surface area contributed by atoms with Crippen molar-refractivity contribution in [3.8, 4) is 0 Å². The third-order valence-corrected chi connectivity index (χ3v) is 4.96. The first kappa shape index (κ1) is 15.4. The van der Waals surface area contributed by atoms with Crippen LogP contribution in [0.5, 0.6) is 0 Å². The largest absolute Gasteiger partial charge is 0.356 e. The predicted octanol–water partition coefficient (Wildman–Crippen LogP) is 4.50. The number of hydrogen-bond acceptors (Lipinski definition) is 5. The van der Waals surface area contributed by atoms with Crippen LogP contribution >= 0.6 is 11.6 Å². The molecule has 3 aromatic heterocycles. The highest BCUT2D eigenvalue weighted by atomic mass is 35.5. The molecule has 2 N–H and O–H groups in total. The lowest BCUT2D eigenvalue weighted by Crippen LogP contribution is -2.19. The summed E-state index contributed by atoms with van der Waals surface area (Å²) in [4.78, 5) is 11.3. The summed E-state index contributed by atoms with van der Waals surface area (Å²) in [6.07, 6.45) is 4.17. The second kappa shape index (κ2) is 6.14. The number of H-pyrrole nitrogens is 1. The fourth-order valence-electron chi connectivity index (χ4n) is 3.53. The normalized spacial score (nSPS) is 14.4. The Morgan fingerprint density at radius 1 is 1.12 bits per heavy atom. The van der Waals surface area contributed by atoms with Crippen molar-refractivity contribution in [3.05, 3.63) is 47.7 Å². The van der Waals surface area contributed by atoms with Gasteiger partial charge in [0.25, 0.3) is 0 Å². The summed E-state index contributed by atoms with van der Waals surface area (Å²) in [6, 6.07) is 12.0. The molecule has 0 amide bonds. The smallest absolute Gasteiger partial charge is 0.178 e. The molecule has 0 bridgehead atoms. The van der Waals surface area contributed by atoms with Crippen LogP contribution in [0.2, 0.25) is 5.15 Å². The molecule has 6 nitrogen and oxygen atoms in total. The van der Waals surface area contributed by atoms with E-state index >= 15 is 0 Å². The first-order valence-corrected chi connectivity index (χ1v) is 9.07. The number of aromatic amines is 1. The molecule has 1 aromatic carbocycles. The molecule has 0 aliphatic carbocycles. The van der Waals surface area contributed by atoms with Gasteiger partial charge in [0, 0.05) is 30.4 Å². The van der Waals surface area contributed by atoms with Crippen LogP contribution in [0.15, 0.2) is 42.6 Å². The topological polar surface area (TPSA) is 69.7 Å². The van der Waals surface area contributed by atoms with Gasteiger partial charge in [0.1, 0.15) is 16.5 Å². The van der Waals surface area contributed by atoms with E-state index in [0.29, 0.717) is 11.0 Å². The molecule has 1 aliphatic rings. The highest BCUT2D eigenvalue weighted by Crippen LogP contribution is 2.32. The summed E-state index contributed by atoms with van der Waals surface area (Å²) in [5, 5.41) is 13.4. The van der Waals surface area contributed by atoms with Gasteiger partial charge in [-0.15, -0.1) is 0 Å². The molecule has 1 aliphatic heterocycles. The van der Waals surface area contributed by atoms with E-state index in [-0.39, 0.29) is 0 Å². The van der Waals surface area contributed by atoms with E-state index in [2.05, 4.69) is 42.5 Å². The van der Waals surface area contributed by atoms with Crippen molar-refractivity contribution in [3.63, 3.8) is 0 Å². The van der Waals surface area contributed by atoms with Crippen molar-refractivity contribution < 1.29 is 0 Å². The summed E-state index contributed by atoms with van der Waals surface area (Å²) in [5.41, 5.74) is 2.66. The predicted molar refractivity (Wildman–Crippen MR) is 105 cm³/mol. The number of fused-ring (bicyclic) bond motifs is 2. The lowest BCUT2D eigenvalue weighted by molar-refractivity contribution is 0.946. The molecule has 0 atom stereocenters. The zero-order valence-electron chi connectivity index (χ0n) is 14.0. The summed E-state index contributed by atoms with van der Waals surface area (Å²) in [5.74, 6) is 1.68. The van der Waals surface area contributed by atoms with Gasteiger partial charge >= 0.3 is 0 Å². The minimum absolute atomic E-state index is 0.517. The molecule has 26 heavy (non-hydrogen) atoms. The van der Waals surface area contributed by atoms with Crippen LogP contribution in [-0.4, -0.2) is 33.3 Å². The molecule has 1 saturated heterocycles. The summed E-state index contributed by atoms with van der Waals surface area (Å²) < 4.78 is 0. The van der Waals surface area contributed by atoms with Gasteiger partial charge < -0.3 is 10.2 Å². The lowest BCUT2D eigenvalue weighted by atomic mass is 10.1. The molecule has 4 heterocycles. The van der Waals surface area contributed by atoms with Crippen molar-refractivity contribution in [1.82, 2.24) is 20.2 Å². The third-order valence-electron chi connectivity index (χ3n) is 4.77. The maximum atomic E-state index is 6.29. The zero-order chi connectivity index (χ0) is 17.5. The van der Waals surface area contributed by atoms with Crippen LogP contribution in [0.4, 0.5) is 17.3 Å². The Kier molecular flexibility index (Phi) is 3.64. The Morgan fingerprint density at radius 2 is 2.00 bits per heavy atom. The van der Waals surface area contributed by atoms with Crippen LogP contribution in [0.3, 0.4) is 0 Å². The van der Waals surface area contributed by atoms with Crippen molar-refractivity contribution in [2.45, 2.75) is 12.8 Å². The van der Waals surface area contributed by atoms with Crippen LogP contribution in [0.25, 0.3) is 21.8 Å². The van der Waals surface area contributed by atoms with Gasteiger partial charge in [-0.25, -0.2) is 4.98 Å². The lowest BCUT2D eigenvalue weighted by Gasteiger charge is -2.19. The number of aromatic nitrogens is 4. The van der Waals surface area contributed by atoms with E-state index in [1.54, 1.807) is 6.20 Å². The highest BCUT2D eigenvalue weighted by Gasteiger charge is 2.17. The van der Waals surface area contributed by atoms with Crippen molar-refractivity contribution in [2.24, 2.45) is 0 Å². The first-order valence-electron chi connectivity index (χ1n) is 8.69. The number of halogens is 1. The molecule has 0 spiro atoms. The number of nitrogens with one attached hydrogen (secondary N) is 2. The van der Waals surface area contributed by atoms with Gasteiger partial charge in [0.15, 0.2) is 5.82 Å². The average molecular weight is 365 g/mol. The summed E-state index contributed by atoms with van der Waals surface area (Å²) >= 11 is 6.29. The minimum atomic E-state index is 0.517. The molecule has 130 valence electrons. The number of nitrogens with zero attached hydrogens (tertiary/aromatic N) is 4. The highest BCUT2D eigenvalue weighted by molar-refractivity contribution is 6.30. The van der Waals surface area contributed by atoms with E-state index in [1.165, 1.54) is 12.8 Å². The number of pyridine rings is 2. The van der Waals surface area contributed by atoms with E-state index in [9.17, 15) is 0 Å². The van der Waals surface area contributed by atoms with Crippen molar-refractivity contribution in [2.75, 3.05) is 23.3 Å². The molecule has 0 unspecified atom stereocenters. The molecule has 1 fully saturated rings. The third kappa shape index (κ3) is 2.63. The van der Waals surface area contributed by atoms with Gasteiger partial charge in [-0.05, 0) is 54.6 Å². The second-order valence-electron chi connectivity index (χ2n) is 6.50. The van der Waals surface area contributed by atoms with E-state index in [1.807, 2.05) is 24.3 Å². The maximum absolute atomic E-state index is 6.29. The van der Waals surface area contributed by atoms with Crippen LogP contribution in [0, 0.1) is 0 Å². The molecule has 0 saturated carbocycles. The second-order valence-corrected chi connectivity index (χ2v) is 6.88. The molecule has 4 aromatic rings. The Bertz CT molecular complexity index is 1100. The van der Waals surface area contributed by atoms with Gasteiger partial charge in [0.2, 0.25) is 0 Å². The minimum Gasteiger partial charge on any atom is -0.356 e. The molecule has 5 rings (SSSR count). The number of benzene rings is 1. The van der Waals surface area contributed by atoms with Gasteiger partial charge in [-0.3, -0.25) is 10.1 Å². The Balaban J connectivity index is 1.55. The fourth-order valence-corrected chi connectivity index (χ4v) is 3.73. The van der Waals surface area contributed by atoms with Gasteiger partial charge in [0.05, 0.1) is 5.52 Å². The molecular formula is C19H17ClN6. The van der Waals surface area contributed by atoms with Gasteiger partial charge in [-0.2, -0.15) is 5.10 Å². The van der Waals surface area contributed by atoms with E-state index in [0.717, 1.165) is 46.4 Å². The SMILES string of the molecule is Clc1cc2cc(Nc3n[nH]c4cccnc34)ccc2c(N2CCCC2)n1. The quantitative estimate of drug-likeness (QED) is 0.524. The summed E-state index contributed by atoms with van der Waals surface area (Å²) in [7, 11) is 0. The van der Waals surface area contributed by atoms with Crippen LogP contribution in [-0.2, 0) is 0 Å². The zero-order valence-corrected chi connectivity index (χ0v) is 14.8. The Morgan fingerprint density at radius 3 is 2.88 bits per heavy atom. The first-order chi connectivity index (χ1) is 12.8. The number of hydrogen-bond donors (Lipinski definition) is 2.